The molecule has 0 aliphatic rings. The van der Waals surface area contributed by atoms with Crippen LogP contribution in [0.15, 0.2) is 0 Å². The van der Waals surface area contributed by atoms with Gasteiger partial charge in [-0.2, -0.15) is 0 Å². The largest absolute Gasteiger partial charge is 0.480 e. The van der Waals surface area contributed by atoms with Gasteiger partial charge in [0.25, 0.3) is 0 Å². The van der Waals surface area contributed by atoms with Crippen LogP contribution < -0.4 is 22.1 Å². The molecule has 1 atom stereocenters. The third kappa shape index (κ3) is 11.8. The van der Waals surface area contributed by atoms with E-state index >= 15 is 0 Å². The summed E-state index contributed by atoms with van der Waals surface area (Å²) in [6.45, 7) is 0.152. The molecule has 0 aromatic heterocycles. The Bertz CT molecular complexity index is 339. The first kappa shape index (κ1) is 19.2. The van der Waals surface area contributed by atoms with Crippen LogP contribution >= 0.6 is 0 Å². The van der Waals surface area contributed by atoms with E-state index in [1.807, 2.05) is 0 Å². The second kappa shape index (κ2) is 12.0. The average Bonchev–Trinajstić information content (AvgIpc) is 2.45. The topological polar surface area (TPSA) is 166 Å². The third-order valence-corrected chi connectivity index (χ3v) is 2.17. The molecule has 0 heterocycles. The van der Waals surface area contributed by atoms with Gasteiger partial charge >= 0.3 is 5.97 Å². The maximum absolute atomic E-state index is 11.3. The van der Waals surface area contributed by atoms with Gasteiger partial charge in [-0.15, -0.1) is 0 Å². The third-order valence-electron chi connectivity index (χ3n) is 2.17. The number of hydrogen-bond acceptors (Lipinski definition) is 7. The predicted octanol–water partition coefficient (Wildman–Crippen LogP) is -3.38. The summed E-state index contributed by atoms with van der Waals surface area (Å²) in [6.07, 6.45) is 0. The molecule has 2 amide bonds. The zero-order valence-electron chi connectivity index (χ0n) is 11.7. The summed E-state index contributed by atoms with van der Waals surface area (Å²) < 4.78 is 9.67. The van der Waals surface area contributed by atoms with Gasteiger partial charge in [0.2, 0.25) is 11.8 Å². The molecule has 0 rings (SSSR count). The lowest BCUT2D eigenvalue weighted by Gasteiger charge is -2.10. The molecule has 0 aromatic rings. The van der Waals surface area contributed by atoms with E-state index in [2.05, 4.69) is 10.6 Å². The molecular weight excluding hydrogens is 284 g/mol. The molecule has 122 valence electrons. The Hall–Kier alpha value is -1.75. The van der Waals surface area contributed by atoms with Crippen molar-refractivity contribution in [3.63, 3.8) is 0 Å². The Balaban J connectivity index is 3.42. The SMILES string of the molecule is NCC(N)C(=O)NCCNC(=O)COCCOCC(=O)O. The van der Waals surface area contributed by atoms with Crippen LogP contribution in [-0.2, 0) is 23.9 Å². The lowest BCUT2D eigenvalue weighted by atomic mass is 10.3. The molecule has 0 aliphatic carbocycles. The first-order valence-corrected chi connectivity index (χ1v) is 6.34. The fraction of sp³-hybridized carbons (Fsp3) is 0.727. The number of amides is 2. The lowest BCUT2D eigenvalue weighted by Crippen LogP contribution is -2.47. The highest BCUT2D eigenvalue weighted by molar-refractivity contribution is 5.81. The molecule has 0 saturated carbocycles. The molecule has 7 N–H and O–H groups in total. The van der Waals surface area contributed by atoms with Crippen LogP contribution in [0.5, 0.6) is 0 Å². The Kier molecular flexibility index (Phi) is 11.0. The standard InChI is InChI=1S/C11H22N4O6/c12-5-8(13)11(19)15-2-1-14-9(16)6-20-3-4-21-7-10(17)18/h8H,1-7,12-13H2,(H,14,16)(H,15,19)(H,17,18). The number of nitrogens with two attached hydrogens (primary N) is 2. The number of ether oxygens (including phenoxy) is 2. The molecule has 1 unspecified atom stereocenters. The van der Waals surface area contributed by atoms with Crippen molar-refractivity contribution in [1.29, 1.82) is 0 Å². The van der Waals surface area contributed by atoms with Crippen molar-refractivity contribution in [1.82, 2.24) is 10.6 Å². The molecule has 0 fully saturated rings. The highest BCUT2D eigenvalue weighted by atomic mass is 16.5. The van der Waals surface area contributed by atoms with Crippen molar-refractivity contribution in [2.75, 3.05) is 46.1 Å². The van der Waals surface area contributed by atoms with E-state index in [1.165, 1.54) is 0 Å². The molecule has 10 nitrogen and oxygen atoms in total. The summed E-state index contributed by atoms with van der Waals surface area (Å²) in [6, 6.07) is -0.755. The van der Waals surface area contributed by atoms with E-state index in [4.69, 9.17) is 26.0 Å². The van der Waals surface area contributed by atoms with Crippen LogP contribution in [0.25, 0.3) is 0 Å². The van der Waals surface area contributed by atoms with Crippen LogP contribution in [-0.4, -0.2) is 75.0 Å². The Morgan fingerprint density at radius 2 is 1.62 bits per heavy atom. The van der Waals surface area contributed by atoms with Gasteiger partial charge in [-0.25, -0.2) is 4.79 Å². The Labute approximate surface area is 122 Å². The van der Waals surface area contributed by atoms with Crippen molar-refractivity contribution < 1.29 is 29.0 Å². The normalized spacial score (nSPS) is 11.7. The number of carboxylic acid groups (broad SMARTS) is 1. The molecule has 0 aromatic carbocycles. The summed E-state index contributed by atoms with van der Waals surface area (Å²) in [4.78, 5) is 32.6. The minimum absolute atomic E-state index is 0.0516. The van der Waals surface area contributed by atoms with Gasteiger partial charge < -0.3 is 36.7 Å². The van der Waals surface area contributed by atoms with Gasteiger partial charge in [-0.1, -0.05) is 0 Å². The van der Waals surface area contributed by atoms with Crippen molar-refractivity contribution >= 4 is 17.8 Å². The maximum atomic E-state index is 11.3. The van der Waals surface area contributed by atoms with E-state index in [0.29, 0.717) is 0 Å². The maximum Gasteiger partial charge on any atom is 0.329 e. The van der Waals surface area contributed by atoms with Crippen LogP contribution in [0, 0.1) is 0 Å². The number of rotatable bonds is 12. The highest BCUT2D eigenvalue weighted by Gasteiger charge is 2.09. The zero-order chi connectivity index (χ0) is 16.1. The Morgan fingerprint density at radius 3 is 2.19 bits per heavy atom. The van der Waals surface area contributed by atoms with Gasteiger partial charge in [0.05, 0.1) is 19.3 Å². The molecule has 21 heavy (non-hydrogen) atoms. The summed E-state index contributed by atoms with van der Waals surface area (Å²) in [7, 11) is 0. The highest BCUT2D eigenvalue weighted by Crippen LogP contribution is 1.80. The van der Waals surface area contributed by atoms with Gasteiger partial charge in [0.15, 0.2) is 0 Å². The predicted molar refractivity (Wildman–Crippen MR) is 72.3 cm³/mol. The molecule has 0 saturated heterocycles. The number of hydrogen-bond donors (Lipinski definition) is 5. The summed E-state index contributed by atoms with van der Waals surface area (Å²) in [5.74, 6) is -1.80. The van der Waals surface area contributed by atoms with E-state index in [0.717, 1.165) is 0 Å². The number of nitrogens with one attached hydrogen (secondary N) is 2. The van der Waals surface area contributed by atoms with Crippen molar-refractivity contribution in [3.8, 4) is 0 Å². The summed E-state index contributed by atoms with van der Waals surface area (Å²) in [5, 5.41) is 13.3. The Morgan fingerprint density at radius 1 is 1.05 bits per heavy atom. The first-order chi connectivity index (χ1) is 9.97. The first-order valence-electron chi connectivity index (χ1n) is 6.34. The number of carbonyl (C=O) groups is 3. The second-order valence-electron chi connectivity index (χ2n) is 3.98. The van der Waals surface area contributed by atoms with E-state index in [1.54, 1.807) is 0 Å². The molecule has 0 aliphatic heterocycles. The minimum atomic E-state index is -1.07. The van der Waals surface area contributed by atoms with Crippen molar-refractivity contribution in [3.05, 3.63) is 0 Å². The van der Waals surface area contributed by atoms with Gasteiger partial charge in [0.1, 0.15) is 13.2 Å². The number of carboxylic acids is 1. The number of carbonyl (C=O) groups excluding carboxylic acids is 2. The minimum Gasteiger partial charge on any atom is -0.480 e. The quantitative estimate of drug-likeness (QED) is 0.233. The van der Waals surface area contributed by atoms with Crippen LogP contribution in [0.3, 0.4) is 0 Å². The van der Waals surface area contributed by atoms with Gasteiger partial charge in [-0.05, 0) is 0 Å². The van der Waals surface area contributed by atoms with Gasteiger partial charge in [-0.3, -0.25) is 9.59 Å². The van der Waals surface area contributed by atoms with Crippen molar-refractivity contribution in [2.24, 2.45) is 11.5 Å². The van der Waals surface area contributed by atoms with Crippen LogP contribution in [0.2, 0.25) is 0 Å². The second-order valence-corrected chi connectivity index (χ2v) is 3.98. The fourth-order valence-corrected chi connectivity index (χ4v) is 1.12. The molecule has 0 bridgehead atoms. The monoisotopic (exact) mass is 306 g/mol. The smallest absolute Gasteiger partial charge is 0.329 e. The van der Waals surface area contributed by atoms with E-state index in [-0.39, 0.29) is 51.3 Å². The molecule has 10 heteroatoms. The lowest BCUT2D eigenvalue weighted by molar-refractivity contribution is -0.143. The van der Waals surface area contributed by atoms with Crippen LogP contribution in [0.1, 0.15) is 0 Å². The summed E-state index contributed by atoms with van der Waals surface area (Å²) >= 11 is 0. The van der Waals surface area contributed by atoms with Crippen LogP contribution in [0.4, 0.5) is 0 Å². The van der Waals surface area contributed by atoms with Crippen molar-refractivity contribution in [2.45, 2.75) is 6.04 Å². The molecule has 0 spiro atoms. The van der Waals surface area contributed by atoms with Gasteiger partial charge in [0, 0.05) is 19.6 Å². The fourth-order valence-electron chi connectivity index (χ4n) is 1.12. The molecule has 0 radical (unpaired) electrons. The number of aliphatic carboxylic acids is 1. The van der Waals surface area contributed by atoms with E-state index < -0.39 is 18.6 Å². The zero-order valence-corrected chi connectivity index (χ0v) is 11.7. The molecular formula is C11H22N4O6. The average molecular weight is 306 g/mol. The summed E-state index contributed by atoms with van der Waals surface area (Å²) in [5.41, 5.74) is 10.6. The van der Waals surface area contributed by atoms with E-state index in [9.17, 15) is 14.4 Å².